The molecule has 0 saturated heterocycles. The first-order valence-corrected chi connectivity index (χ1v) is 40.3. The molecule has 18 aromatic rings. The number of thiophene rings is 1. The number of oxazole rings is 1. The molecule has 0 unspecified atom stereocenters. The fourth-order valence-corrected chi connectivity index (χ4v) is 13.6. The van der Waals surface area contributed by atoms with Crippen LogP contribution in [0.3, 0.4) is 0 Å². The SMILES string of the molecule is CC(=O)C=C(C)O.CC(=O)C=C(C)O.CC1(C)c2ccccc2-c2c[c-]c(-n3cccn3)cc21.CN1C=CN(c2[c-]ccc3c2oc2ccccc23)[CH-]1.FC(F)(F)c1c[c-]c(-c2ccccn2)cc1.[Ir].[Ir].[Ir].[Ir].[Ir].[Ir].[Pt].[c-]1ccc(-c2ccccc2)cc1-c1ccccn1.[c-]1ccccc1-c1ccccn1.[c-]1ccccc1-c1nc2ccccc2o1.[c-]1ccsc1-c1ccccn1. The number of ketones is 2. The molecule has 1 aliphatic heterocycles. The van der Waals surface area contributed by atoms with Crippen LogP contribution < -0.4 is 4.90 Å². The van der Waals surface area contributed by atoms with Gasteiger partial charge in [-0.3, -0.25) is 19.3 Å². The van der Waals surface area contributed by atoms with E-state index in [1.165, 1.54) is 79.3 Å². The van der Waals surface area contributed by atoms with Crippen molar-refractivity contribution in [2.24, 2.45) is 0 Å². The standard InChI is InChI=1S/C18H15N2.C17H12N.C16H12N2O.C13H8NO.C12H7F3N.C11H8N.C9H6NS.2C5H8O2.6Ir.Pt/c1-18(2)16-7-4-3-6-14(16)15-9-8-13(12-17(15)18)20-11-5-10-19-20;1-2-7-14(8-3-1)15-9-6-10-16(13-15)17-11-4-5-12-18-17;1-17-9-10-18(11-17)14-7-4-6-13-12-5-2-3-8-15(12)19-16(13)14;1-2-6-10(7-3-1)13-14-11-8-4-5-9-12(11)15-13;13-12(14,15)10-6-4-9(5-7-10)11-3-1-2-8-16-11;1-2-6-10(7-3-1)11-8-4-5-9-12-11;1-2-6-10-8(4-1)9-5-3-7-11-9;2*1-4(6)3-5(2)7;;;;;;;/h3-7,9-12H,1-2H3;1-9,11-13H;2-6,8-11H,1H3;1-6,8-9H;1-4,6-8H;1-6,8-9H;1-4,6-7H;2*3,6H,1-2H3;;;;;;;/q2*-1;-2;4*-1;;;;;;;;;. The zero-order chi connectivity index (χ0) is 87.9. The van der Waals surface area contributed by atoms with Gasteiger partial charge < -0.3 is 48.8 Å². The van der Waals surface area contributed by atoms with E-state index in [-0.39, 0.29) is 170 Å². The molecule has 10 aromatic carbocycles. The number of alkyl halides is 3. The molecule has 0 spiro atoms. The summed E-state index contributed by atoms with van der Waals surface area (Å²) in [6.45, 7) is 12.3. The number of pyridine rings is 4. The number of hydrogen-bond donors (Lipinski definition) is 2. The third-order valence-electron chi connectivity index (χ3n) is 18.6. The van der Waals surface area contributed by atoms with Crippen molar-refractivity contribution in [3.8, 4) is 83.7 Å². The van der Waals surface area contributed by atoms with Crippen LogP contribution in [0.15, 0.2) is 385 Å². The van der Waals surface area contributed by atoms with Crippen LogP contribution in [0.5, 0.6) is 0 Å². The van der Waals surface area contributed by atoms with Gasteiger partial charge in [-0.25, -0.2) is 11.3 Å². The number of para-hydroxylation sites is 3. The molecule has 688 valence electrons. The van der Waals surface area contributed by atoms with E-state index in [2.05, 4.69) is 153 Å². The van der Waals surface area contributed by atoms with Crippen molar-refractivity contribution in [2.75, 3.05) is 11.9 Å². The first-order chi connectivity index (χ1) is 60.6. The number of hydrogen-bond acceptors (Lipinski definition) is 15. The predicted octanol–water partition coefficient (Wildman–Crippen LogP) is 26.0. The molecule has 26 heteroatoms. The van der Waals surface area contributed by atoms with Gasteiger partial charge in [0.15, 0.2) is 11.6 Å². The second kappa shape index (κ2) is 56.2. The molecular weight excluding hydrogens is 2930 g/mol. The summed E-state index contributed by atoms with van der Waals surface area (Å²) < 4.78 is 50.3. The summed E-state index contributed by atoms with van der Waals surface area (Å²) >= 11 is 1.66. The molecule has 1 aliphatic carbocycles. The Bertz CT molecular complexity index is 6400. The number of rotatable bonds is 10. The number of allylic oxidation sites excluding steroid dienone is 4. The van der Waals surface area contributed by atoms with Crippen molar-refractivity contribution in [1.82, 2.24) is 39.6 Å². The van der Waals surface area contributed by atoms with Gasteiger partial charge in [-0.05, 0) is 146 Å². The van der Waals surface area contributed by atoms with Crippen LogP contribution in [0.25, 0.3) is 117 Å². The fourth-order valence-electron chi connectivity index (χ4n) is 12.9. The van der Waals surface area contributed by atoms with E-state index >= 15 is 0 Å². The monoisotopic (exact) mass is 3020 g/mol. The Morgan fingerprint density at radius 3 is 1.54 bits per heavy atom. The number of carbonyl (C=O) groups is 2. The van der Waals surface area contributed by atoms with Crippen LogP contribution >= 0.6 is 11.3 Å². The van der Waals surface area contributed by atoms with Crippen LogP contribution in [-0.2, 0) is 163 Å². The van der Waals surface area contributed by atoms with Crippen LogP contribution in [0.4, 0.5) is 18.9 Å². The van der Waals surface area contributed by atoms with Crippen molar-refractivity contribution in [3.05, 3.63) is 442 Å². The molecule has 6 radical (unpaired) electrons. The topological polar surface area (TPSA) is 190 Å². The zero-order valence-electron chi connectivity index (χ0n) is 71.6. The second-order valence-corrected chi connectivity index (χ2v) is 29.3. The molecule has 0 amide bonds. The molecular formula is C106H84F3Ir6N9O6PtS-8. The first kappa shape index (κ1) is 112. The third kappa shape index (κ3) is 32.5. The summed E-state index contributed by atoms with van der Waals surface area (Å²) in [6, 6.07) is 117. The average Bonchev–Trinajstić information content (AvgIpc) is 1.57. The van der Waals surface area contributed by atoms with Gasteiger partial charge >= 0.3 is 6.18 Å². The quantitative estimate of drug-likeness (QED) is 0.0747. The number of fused-ring (bicyclic) bond motifs is 7. The Morgan fingerprint density at radius 1 is 0.470 bits per heavy atom. The van der Waals surface area contributed by atoms with E-state index in [1.54, 1.807) is 60.5 Å². The number of halogens is 3. The van der Waals surface area contributed by atoms with Crippen molar-refractivity contribution < 1.29 is 184 Å². The summed E-state index contributed by atoms with van der Waals surface area (Å²) in [4.78, 5) is 46.3. The Kier molecular flexibility index (Phi) is 47.5. The molecule has 132 heavy (non-hydrogen) atoms. The third-order valence-corrected chi connectivity index (χ3v) is 19.4. The summed E-state index contributed by atoms with van der Waals surface area (Å²) in [5, 5.41) is 25.3. The molecule has 0 fully saturated rings. The molecule has 20 rings (SSSR count). The van der Waals surface area contributed by atoms with Crippen molar-refractivity contribution >= 4 is 61.6 Å². The van der Waals surface area contributed by atoms with E-state index in [9.17, 15) is 22.8 Å². The number of carbonyl (C=O) groups excluding carboxylic acids is 2. The van der Waals surface area contributed by atoms with Crippen LogP contribution in [-0.4, -0.2) is 68.4 Å². The molecule has 0 atom stereocenters. The van der Waals surface area contributed by atoms with Gasteiger partial charge in [-0.15, -0.1) is 154 Å². The van der Waals surface area contributed by atoms with E-state index in [0.717, 1.165) is 95.2 Å². The summed E-state index contributed by atoms with van der Waals surface area (Å²) in [7, 11) is 2.00. The number of aliphatic hydroxyl groups is 2. The smallest absolute Gasteiger partial charge is 0.381 e. The van der Waals surface area contributed by atoms with Gasteiger partial charge in [-0.1, -0.05) is 174 Å². The minimum atomic E-state index is -4.32. The molecule has 2 N–H and O–H groups in total. The van der Waals surface area contributed by atoms with Crippen molar-refractivity contribution in [3.63, 3.8) is 0 Å². The zero-order valence-corrected chi connectivity index (χ0v) is 89.1. The number of nitrogens with zero attached hydrogens (tertiary/aromatic N) is 9. The summed E-state index contributed by atoms with van der Waals surface area (Å²) in [5.41, 5.74) is 19.5. The van der Waals surface area contributed by atoms with Gasteiger partial charge in [0.1, 0.15) is 17.1 Å². The summed E-state index contributed by atoms with van der Waals surface area (Å²) in [6.07, 6.45) is 12.7. The number of furan rings is 1. The normalized spacial score (nSPS) is 11.3. The fraction of sp³-hybridized carbons (Fsp3) is 0.0849. The van der Waals surface area contributed by atoms with Gasteiger partial charge in [0.25, 0.3) is 0 Å². The van der Waals surface area contributed by atoms with Gasteiger partial charge in [0, 0.05) is 202 Å². The number of aromatic nitrogens is 7. The second-order valence-electron chi connectivity index (χ2n) is 28.4. The Balaban J connectivity index is 0.000000265. The van der Waals surface area contributed by atoms with Crippen molar-refractivity contribution in [2.45, 2.75) is 53.1 Å². The van der Waals surface area contributed by atoms with Crippen LogP contribution in [0.1, 0.15) is 58.2 Å². The van der Waals surface area contributed by atoms with Gasteiger partial charge in [0.2, 0.25) is 0 Å². The maximum absolute atomic E-state index is 12.3. The maximum Gasteiger partial charge on any atom is 0.381 e. The van der Waals surface area contributed by atoms with Crippen LogP contribution in [0.2, 0.25) is 0 Å². The minimum absolute atomic E-state index is 0. The van der Waals surface area contributed by atoms with Crippen LogP contribution in [0, 0.1) is 49.1 Å². The molecule has 15 nitrogen and oxygen atoms in total. The Morgan fingerprint density at radius 2 is 1.02 bits per heavy atom. The maximum atomic E-state index is 12.3. The van der Waals surface area contributed by atoms with Gasteiger partial charge in [0.05, 0.1) is 17.0 Å². The van der Waals surface area contributed by atoms with Crippen molar-refractivity contribution in [1.29, 1.82) is 0 Å². The average molecular weight is 3020 g/mol. The van der Waals surface area contributed by atoms with Gasteiger partial charge in [-0.2, -0.15) is 67.4 Å². The van der Waals surface area contributed by atoms with E-state index in [4.69, 9.17) is 19.0 Å². The minimum Gasteiger partial charge on any atom is -0.514 e. The molecule has 0 bridgehead atoms. The Labute approximate surface area is 866 Å². The van der Waals surface area contributed by atoms with E-state index in [1.807, 2.05) is 246 Å². The molecule has 0 saturated carbocycles. The van der Waals surface area contributed by atoms with E-state index in [0.29, 0.717) is 17.1 Å². The molecule has 9 heterocycles. The van der Waals surface area contributed by atoms with E-state index < -0.39 is 11.7 Å². The summed E-state index contributed by atoms with van der Waals surface area (Å²) in [5.74, 6) is 0.497. The molecule has 8 aromatic heterocycles. The Hall–Kier alpha value is -10.9. The number of benzene rings is 10. The predicted molar refractivity (Wildman–Crippen MR) is 491 cm³/mol. The number of anilines is 1. The first-order valence-electron chi connectivity index (χ1n) is 39.5. The largest absolute Gasteiger partial charge is 0.514 e. The number of aliphatic hydroxyl groups excluding tert-OH is 2. The molecule has 2 aliphatic rings.